The van der Waals surface area contributed by atoms with Gasteiger partial charge < -0.3 is 14.8 Å². The van der Waals surface area contributed by atoms with Gasteiger partial charge in [-0.2, -0.15) is 0 Å². The molecule has 1 aromatic carbocycles. The Hall–Kier alpha value is -1.06. The second-order valence-electron chi connectivity index (χ2n) is 4.66. The van der Waals surface area contributed by atoms with Crippen LogP contribution in [0.3, 0.4) is 0 Å². The first-order valence-corrected chi connectivity index (χ1v) is 6.59. The highest BCUT2D eigenvalue weighted by atomic mass is 16.5. The highest BCUT2D eigenvalue weighted by molar-refractivity contribution is 5.33. The van der Waals surface area contributed by atoms with Gasteiger partial charge in [-0.25, -0.2) is 0 Å². The number of aryl methyl sites for hydroxylation is 2. The van der Waals surface area contributed by atoms with Gasteiger partial charge in [0, 0.05) is 7.11 Å². The van der Waals surface area contributed by atoms with E-state index in [2.05, 4.69) is 38.2 Å². The predicted octanol–water partition coefficient (Wildman–Crippen LogP) is 2.70. The van der Waals surface area contributed by atoms with Crippen LogP contribution in [0, 0.1) is 13.8 Å². The molecule has 0 radical (unpaired) electrons. The maximum absolute atomic E-state index is 5.81. The van der Waals surface area contributed by atoms with Crippen LogP contribution in [0.15, 0.2) is 18.2 Å². The minimum Gasteiger partial charge on any atom is -0.492 e. The van der Waals surface area contributed by atoms with Crippen LogP contribution >= 0.6 is 0 Å². The number of benzene rings is 1. The second kappa shape index (κ2) is 8.11. The van der Waals surface area contributed by atoms with Crippen LogP contribution in [0.4, 0.5) is 0 Å². The lowest BCUT2D eigenvalue weighted by Gasteiger charge is -2.18. The van der Waals surface area contributed by atoms with Gasteiger partial charge >= 0.3 is 0 Å². The molecular formula is C15H25NO2. The summed E-state index contributed by atoms with van der Waals surface area (Å²) in [5.74, 6) is 0.928. The van der Waals surface area contributed by atoms with E-state index in [1.165, 1.54) is 11.1 Å². The predicted molar refractivity (Wildman–Crippen MR) is 75.4 cm³/mol. The van der Waals surface area contributed by atoms with Gasteiger partial charge in [-0.15, -0.1) is 0 Å². The number of hydrogen-bond acceptors (Lipinski definition) is 3. The molecule has 3 nitrogen and oxygen atoms in total. The number of nitrogens with one attached hydrogen (secondary N) is 1. The lowest BCUT2D eigenvalue weighted by molar-refractivity contribution is 0.136. The molecule has 0 heterocycles. The highest BCUT2D eigenvalue weighted by Gasteiger charge is 2.08. The summed E-state index contributed by atoms with van der Waals surface area (Å²) < 4.78 is 11.0. The van der Waals surface area contributed by atoms with Crippen molar-refractivity contribution in [1.82, 2.24) is 5.32 Å². The van der Waals surface area contributed by atoms with E-state index in [-0.39, 0.29) is 6.04 Å². The third-order valence-corrected chi connectivity index (χ3v) is 2.98. The van der Waals surface area contributed by atoms with Gasteiger partial charge in [-0.3, -0.25) is 0 Å². The lowest BCUT2D eigenvalue weighted by atomic mass is 10.1. The summed E-state index contributed by atoms with van der Waals surface area (Å²) >= 11 is 0. The monoisotopic (exact) mass is 251 g/mol. The fourth-order valence-electron chi connectivity index (χ4n) is 1.72. The molecule has 0 aliphatic rings. The summed E-state index contributed by atoms with van der Waals surface area (Å²) in [6.45, 7) is 8.66. The Morgan fingerprint density at radius 3 is 2.56 bits per heavy atom. The summed E-state index contributed by atoms with van der Waals surface area (Å²) in [6, 6.07) is 6.44. The van der Waals surface area contributed by atoms with Gasteiger partial charge in [0.2, 0.25) is 0 Å². The molecule has 1 rings (SSSR count). The Balaban J connectivity index is 2.47. The van der Waals surface area contributed by atoms with Crippen LogP contribution in [-0.2, 0) is 4.74 Å². The first-order chi connectivity index (χ1) is 8.67. The molecule has 0 aliphatic heterocycles. The molecule has 1 aromatic rings. The van der Waals surface area contributed by atoms with Gasteiger partial charge in [0.1, 0.15) is 12.4 Å². The van der Waals surface area contributed by atoms with E-state index in [9.17, 15) is 0 Å². The van der Waals surface area contributed by atoms with Crippen molar-refractivity contribution in [2.45, 2.75) is 33.2 Å². The maximum Gasteiger partial charge on any atom is 0.119 e. The molecule has 1 unspecified atom stereocenters. The molecule has 0 saturated carbocycles. The average Bonchev–Trinajstić information content (AvgIpc) is 2.37. The summed E-state index contributed by atoms with van der Waals surface area (Å²) in [5.41, 5.74) is 2.55. The summed E-state index contributed by atoms with van der Waals surface area (Å²) in [6.07, 6.45) is 1.11. The van der Waals surface area contributed by atoms with Gasteiger partial charge in [0.05, 0.1) is 12.6 Å². The largest absolute Gasteiger partial charge is 0.492 e. The molecule has 18 heavy (non-hydrogen) atoms. The number of rotatable bonds is 8. The number of methoxy groups -OCH3 is 1. The van der Waals surface area contributed by atoms with Gasteiger partial charge in [-0.05, 0) is 50.1 Å². The van der Waals surface area contributed by atoms with Crippen LogP contribution in [0.5, 0.6) is 5.75 Å². The topological polar surface area (TPSA) is 30.5 Å². The van der Waals surface area contributed by atoms with Crippen LogP contribution in [0.2, 0.25) is 0 Å². The molecular weight excluding hydrogens is 226 g/mol. The zero-order valence-corrected chi connectivity index (χ0v) is 12.0. The summed E-state index contributed by atoms with van der Waals surface area (Å²) in [5, 5.41) is 3.42. The van der Waals surface area contributed by atoms with Crippen molar-refractivity contribution in [2.75, 3.05) is 26.9 Å². The number of hydrogen-bond donors (Lipinski definition) is 1. The van der Waals surface area contributed by atoms with E-state index in [0.29, 0.717) is 13.2 Å². The minimum absolute atomic E-state index is 0.247. The summed E-state index contributed by atoms with van der Waals surface area (Å²) in [4.78, 5) is 0. The SMILES string of the molecule is CCCNC(COC)COc1ccc(C)c(C)c1. The van der Waals surface area contributed by atoms with Gasteiger partial charge in [-0.1, -0.05) is 13.0 Å². The van der Waals surface area contributed by atoms with Gasteiger partial charge in [0.15, 0.2) is 0 Å². The fourth-order valence-corrected chi connectivity index (χ4v) is 1.72. The molecule has 0 amide bonds. The van der Waals surface area contributed by atoms with Crippen molar-refractivity contribution >= 4 is 0 Å². The molecule has 0 fully saturated rings. The maximum atomic E-state index is 5.81. The van der Waals surface area contributed by atoms with Crippen LogP contribution in [0.25, 0.3) is 0 Å². The van der Waals surface area contributed by atoms with Gasteiger partial charge in [0.25, 0.3) is 0 Å². The van der Waals surface area contributed by atoms with E-state index in [0.717, 1.165) is 18.7 Å². The van der Waals surface area contributed by atoms with Crippen molar-refractivity contribution in [1.29, 1.82) is 0 Å². The van der Waals surface area contributed by atoms with Crippen molar-refractivity contribution < 1.29 is 9.47 Å². The van der Waals surface area contributed by atoms with Crippen molar-refractivity contribution in [2.24, 2.45) is 0 Å². The average molecular weight is 251 g/mol. The van der Waals surface area contributed by atoms with Crippen molar-refractivity contribution in [3.63, 3.8) is 0 Å². The van der Waals surface area contributed by atoms with E-state index in [4.69, 9.17) is 9.47 Å². The first kappa shape index (κ1) is 15.0. The Kier molecular flexibility index (Phi) is 6.76. The van der Waals surface area contributed by atoms with Crippen LogP contribution in [0.1, 0.15) is 24.5 Å². The second-order valence-corrected chi connectivity index (χ2v) is 4.66. The molecule has 0 saturated heterocycles. The third kappa shape index (κ3) is 5.07. The molecule has 1 N–H and O–H groups in total. The molecule has 0 aliphatic carbocycles. The molecule has 0 aromatic heterocycles. The molecule has 1 atom stereocenters. The smallest absolute Gasteiger partial charge is 0.119 e. The van der Waals surface area contributed by atoms with E-state index in [1.54, 1.807) is 7.11 Å². The van der Waals surface area contributed by atoms with Crippen molar-refractivity contribution in [3.8, 4) is 5.75 Å². The zero-order chi connectivity index (χ0) is 13.4. The quantitative estimate of drug-likeness (QED) is 0.770. The minimum atomic E-state index is 0.247. The Bertz CT molecular complexity index is 352. The van der Waals surface area contributed by atoms with Crippen LogP contribution < -0.4 is 10.1 Å². The Labute approximate surface area is 110 Å². The standard InChI is InChI=1S/C15H25NO2/c1-5-8-16-14(10-17-4)11-18-15-7-6-12(2)13(3)9-15/h6-7,9,14,16H,5,8,10-11H2,1-4H3. The fraction of sp³-hybridized carbons (Fsp3) is 0.600. The highest BCUT2D eigenvalue weighted by Crippen LogP contribution is 2.16. The third-order valence-electron chi connectivity index (χ3n) is 2.98. The van der Waals surface area contributed by atoms with E-state index in [1.807, 2.05) is 6.07 Å². The first-order valence-electron chi connectivity index (χ1n) is 6.59. The molecule has 3 heteroatoms. The molecule has 0 bridgehead atoms. The van der Waals surface area contributed by atoms with Crippen molar-refractivity contribution in [3.05, 3.63) is 29.3 Å². The molecule has 0 spiro atoms. The Morgan fingerprint density at radius 1 is 1.17 bits per heavy atom. The lowest BCUT2D eigenvalue weighted by Crippen LogP contribution is -2.38. The Morgan fingerprint density at radius 2 is 1.94 bits per heavy atom. The van der Waals surface area contributed by atoms with Crippen LogP contribution in [-0.4, -0.2) is 32.9 Å². The zero-order valence-electron chi connectivity index (χ0n) is 12.0. The van der Waals surface area contributed by atoms with E-state index < -0.39 is 0 Å². The molecule has 102 valence electrons. The normalized spacial score (nSPS) is 12.4. The summed E-state index contributed by atoms with van der Waals surface area (Å²) in [7, 11) is 1.72. The number of ether oxygens (including phenoxy) is 2. The van der Waals surface area contributed by atoms with E-state index >= 15 is 0 Å².